The van der Waals surface area contributed by atoms with Crippen LogP contribution in [0.25, 0.3) is 0 Å². The van der Waals surface area contributed by atoms with Gasteiger partial charge in [0.05, 0.1) is 0 Å². The molecular formula is C14H28N2. The SMILES string of the molecule is CC(C)(C)C1CN(CCC2CCCNC2)C1. The van der Waals surface area contributed by atoms with Crippen molar-refractivity contribution in [2.75, 3.05) is 32.7 Å². The van der Waals surface area contributed by atoms with Crippen LogP contribution in [0.2, 0.25) is 0 Å². The molecule has 0 spiro atoms. The fourth-order valence-electron chi connectivity index (χ4n) is 2.84. The van der Waals surface area contributed by atoms with Gasteiger partial charge < -0.3 is 10.2 Å². The lowest BCUT2D eigenvalue weighted by molar-refractivity contribution is 0.0205. The van der Waals surface area contributed by atoms with Crippen LogP contribution in [0.1, 0.15) is 40.0 Å². The summed E-state index contributed by atoms with van der Waals surface area (Å²) in [5.41, 5.74) is 0.517. The minimum atomic E-state index is 0.517. The maximum absolute atomic E-state index is 3.51. The van der Waals surface area contributed by atoms with Crippen molar-refractivity contribution in [3.05, 3.63) is 0 Å². The van der Waals surface area contributed by atoms with E-state index in [1.54, 1.807) is 0 Å². The summed E-state index contributed by atoms with van der Waals surface area (Å²) in [5.74, 6) is 1.87. The largest absolute Gasteiger partial charge is 0.316 e. The molecule has 2 saturated heterocycles. The van der Waals surface area contributed by atoms with E-state index in [1.165, 1.54) is 52.0 Å². The topological polar surface area (TPSA) is 15.3 Å². The van der Waals surface area contributed by atoms with E-state index in [-0.39, 0.29) is 0 Å². The summed E-state index contributed by atoms with van der Waals surface area (Å²) in [6, 6.07) is 0. The highest BCUT2D eigenvalue weighted by atomic mass is 15.2. The van der Waals surface area contributed by atoms with Gasteiger partial charge in [0.25, 0.3) is 0 Å². The van der Waals surface area contributed by atoms with Gasteiger partial charge in [-0.25, -0.2) is 0 Å². The van der Waals surface area contributed by atoms with Crippen LogP contribution >= 0.6 is 0 Å². The first-order valence-electron chi connectivity index (χ1n) is 6.99. The number of nitrogens with zero attached hydrogens (tertiary/aromatic N) is 1. The molecule has 2 aliphatic heterocycles. The van der Waals surface area contributed by atoms with Gasteiger partial charge in [-0.2, -0.15) is 0 Å². The molecule has 1 atom stereocenters. The summed E-state index contributed by atoms with van der Waals surface area (Å²) in [6.07, 6.45) is 4.24. The Kier molecular flexibility index (Phi) is 3.91. The second-order valence-corrected chi connectivity index (χ2v) is 6.82. The van der Waals surface area contributed by atoms with Crippen LogP contribution in [-0.4, -0.2) is 37.6 Å². The van der Waals surface area contributed by atoms with Crippen molar-refractivity contribution in [2.24, 2.45) is 17.3 Å². The molecule has 0 bridgehead atoms. The second kappa shape index (κ2) is 5.05. The monoisotopic (exact) mass is 224 g/mol. The first-order chi connectivity index (χ1) is 7.55. The highest BCUT2D eigenvalue weighted by Gasteiger charge is 2.35. The average molecular weight is 224 g/mol. The maximum Gasteiger partial charge on any atom is 0.00270 e. The quantitative estimate of drug-likeness (QED) is 0.791. The summed E-state index contributed by atoms with van der Waals surface area (Å²) >= 11 is 0. The molecule has 2 heterocycles. The highest BCUT2D eigenvalue weighted by Crippen LogP contribution is 2.33. The van der Waals surface area contributed by atoms with Gasteiger partial charge in [0.15, 0.2) is 0 Å². The van der Waals surface area contributed by atoms with E-state index < -0.39 is 0 Å². The van der Waals surface area contributed by atoms with Gasteiger partial charge in [-0.3, -0.25) is 0 Å². The fraction of sp³-hybridized carbons (Fsp3) is 1.00. The normalized spacial score (nSPS) is 29.1. The summed E-state index contributed by atoms with van der Waals surface area (Å²) in [7, 11) is 0. The predicted molar refractivity (Wildman–Crippen MR) is 69.6 cm³/mol. The van der Waals surface area contributed by atoms with Crippen LogP contribution in [0.3, 0.4) is 0 Å². The van der Waals surface area contributed by atoms with Crippen LogP contribution in [0.5, 0.6) is 0 Å². The summed E-state index contributed by atoms with van der Waals surface area (Å²) in [6.45, 7) is 13.6. The fourth-order valence-corrected chi connectivity index (χ4v) is 2.84. The van der Waals surface area contributed by atoms with Gasteiger partial charge in [0.1, 0.15) is 0 Å². The molecule has 1 N–H and O–H groups in total. The number of hydrogen-bond acceptors (Lipinski definition) is 2. The minimum absolute atomic E-state index is 0.517. The Morgan fingerprint density at radius 2 is 2.00 bits per heavy atom. The summed E-state index contributed by atoms with van der Waals surface area (Å²) in [4.78, 5) is 2.64. The molecule has 0 aliphatic carbocycles. The standard InChI is InChI=1S/C14H28N2/c1-14(2,3)13-10-16(11-13)8-6-12-5-4-7-15-9-12/h12-13,15H,4-11H2,1-3H3. The van der Waals surface area contributed by atoms with E-state index in [2.05, 4.69) is 31.0 Å². The van der Waals surface area contributed by atoms with Crippen LogP contribution < -0.4 is 5.32 Å². The molecule has 0 amide bonds. The second-order valence-electron chi connectivity index (χ2n) is 6.82. The molecule has 2 rings (SSSR count). The van der Waals surface area contributed by atoms with Crippen molar-refractivity contribution < 1.29 is 0 Å². The Morgan fingerprint density at radius 3 is 2.56 bits per heavy atom. The molecule has 0 aromatic rings. The predicted octanol–water partition coefficient (Wildman–Crippen LogP) is 2.35. The zero-order chi connectivity index (χ0) is 11.6. The van der Waals surface area contributed by atoms with E-state index in [4.69, 9.17) is 0 Å². The van der Waals surface area contributed by atoms with E-state index in [0.717, 1.165) is 11.8 Å². The molecule has 2 fully saturated rings. The van der Waals surface area contributed by atoms with Crippen LogP contribution in [0, 0.1) is 17.3 Å². The average Bonchev–Trinajstić information content (AvgIpc) is 2.15. The van der Waals surface area contributed by atoms with E-state index in [0.29, 0.717) is 5.41 Å². The van der Waals surface area contributed by atoms with Gasteiger partial charge in [0, 0.05) is 13.1 Å². The highest BCUT2D eigenvalue weighted by molar-refractivity contribution is 4.88. The van der Waals surface area contributed by atoms with Crippen LogP contribution in [-0.2, 0) is 0 Å². The van der Waals surface area contributed by atoms with Crippen molar-refractivity contribution in [1.82, 2.24) is 10.2 Å². The molecule has 94 valence electrons. The lowest BCUT2D eigenvalue weighted by atomic mass is 9.76. The van der Waals surface area contributed by atoms with Crippen LogP contribution in [0.15, 0.2) is 0 Å². The Balaban J connectivity index is 1.59. The minimum Gasteiger partial charge on any atom is -0.316 e. The molecule has 2 nitrogen and oxygen atoms in total. The van der Waals surface area contributed by atoms with Crippen molar-refractivity contribution in [3.63, 3.8) is 0 Å². The van der Waals surface area contributed by atoms with Crippen LogP contribution in [0.4, 0.5) is 0 Å². The summed E-state index contributed by atoms with van der Waals surface area (Å²) in [5, 5.41) is 3.51. The van der Waals surface area contributed by atoms with Crippen molar-refractivity contribution in [3.8, 4) is 0 Å². The van der Waals surface area contributed by atoms with Crippen molar-refractivity contribution >= 4 is 0 Å². The van der Waals surface area contributed by atoms with Gasteiger partial charge in [-0.05, 0) is 56.1 Å². The molecule has 2 heteroatoms. The molecule has 2 aliphatic rings. The molecule has 0 aromatic carbocycles. The lowest BCUT2D eigenvalue weighted by Gasteiger charge is -2.47. The smallest absolute Gasteiger partial charge is 0.00270 e. The number of piperidine rings is 1. The molecule has 16 heavy (non-hydrogen) atoms. The number of likely N-dealkylation sites (tertiary alicyclic amines) is 1. The van der Waals surface area contributed by atoms with E-state index in [9.17, 15) is 0 Å². The Bertz CT molecular complexity index is 207. The molecule has 0 radical (unpaired) electrons. The number of rotatable bonds is 3. The summed E-state index contributed by atoms with van der Waals surface area (Å²) < 4.78 is 0. The van der Waals surface area contributed by atoms with Gasteiger partial charge in [-0.15, -0.1) is 0 Å². The van der Waals surface area contributed by atoms with Gasteiger partial charge in [-0.1, -0.05) is 20.8 Å². The van der Waals surface area contributed by atoms with E-state index >= 15 is 0 Å². The third-order valence-electron chi connectivity index (χ3n) is 4.43. The third kappa shape index (κ3) is 3.21. The van der Waals surface area contributed by atoms with Gasteiger partial charge >= 0.3 is 0 Å². The Morgan fingerprint density at radius 1 is 1.25 bits per heavy atom. The molecule has 0 saturated carbocycles. The third-order valence-corrected chi connectivity index (χ3v) is 4.43. The van der Waals surface area contributed by atoms with Crippen molar-refractivity contribution in [2.45, 2.75) is 40.0 Å². The Hall–Kier alpha value is -0.0800. The number of nitrogens with one attached hydrogen (secondary N) is 1. The zero-order valence-corrected chi connectivity index (χ0v) is 11.3. The van der Waals surface area contributed by atoms with Crippen molar-refractivity contribution in [1.29, 1.82) is 0 Å². The zero-order valence-electron chi connectivity index (χ0n) is 11.3. The molecule has 1 unspecified atom stereocenters. The first-order valence-corrected chi connectivity index (χ1v) is 6.99. The Labute approximate surface area is 101 Å². The van der Waals surface area contributed by atoms with E-state index in [1.807, 2.05) is 0 Å². The molecule has 0 aromatic heterocycles. The maximum atomic E-state index is 3.51. The van der Waals surface area contributed by atoms with Gasteiger partial charge in [0.2, 0.25) is 0 Å². The molecular weight excluding hydrogens is 196 g/mol. The lowest BCUT2D eigenvalue weighted by Crippen LogP contribution is -2.52. The number of hydrogen-bond donors (Lipinski definition) is 1. The first kappa shape index (κ1) is 12.4.